The molecule has 2 aromatic carbocycles. The largest absolute Gasteiger partial charge is 0.350 e. The molecule has 0 saturated heterocycles. The van der Waals surface area contributed by atoms with E-state index in [1.165, 1.54) is 0 Å². The van der Waals surface area contributed by atoms with Gasteiger partial charge in [0.1, 0.15) is 0 Å². The lowest BCUT2D eigenvalue weighted by Gasteiger charge is -2.21. The Bertz CT molecular complexity index is 1050. The third-order valence-corrected chi connectivity index (χ3v) is 4.90. The number of hydrogen-bond donors (Lipinski definition) is 0. The van der Waals surface area contributed by atoms with E-state index in [1.807, 2.05) is 62.5 Å². The molecule has 0 saturated carbocycles. The quantitative estimate of drug-likeness (QED) is 0.649. The van der Waals surface area contributed by atoms with Crippen molar-refractivity contribution in [2.75, 3.05) is 25.7 Å². The van der Waals surface area contributed by atoms with E-state index >= 15 is 0 Å². The predicted molar refractivity (Wildman–Crippen MR) is 108 cm³/mol. The maximum absolute atomic E-state index is 13.1. The fourth-order valence-corrected chi connectivity index (χ4v) is 3.70. The number of aromatic nitrogens is 1. The minimum Gasteiger partial charge on any atom is -0.350 e. The molecule has 26 heavy (non-hydrogen) atoms. The molecule has 0 aliphatic carbocycles. The van der Waals surface area contributed by atoms with E-state index in [4.69, 9.17) is 11.6 Å². The molecule has 4 nitrogen and oxygen atoms in total. The van der Waals surface area contributed by atoms with E-state index in [0.29, 0.717) is 17.3 Å². The monoisotopic (exact) mass is 365 g/mol. The SMILES string of the molecule is CN(C)CN1C(=O)/C(=C\c2cn(C)c3ccccc23)c2ccc(Cl)cc21. The number of para-hydroxylation sites is 1. The van der Waals surface area contributed by atoms with Crippen LogP contribution in [0.25, 0.3) is 22.6 Å². The standard InChI is InChI=1S/C21H20ClN3O/c1-23(2)13-25-20-11-15(22)8-9-17(20)18(21(25)26)10-14-12-24(3)19-7-5-4-6-16(14)19/h4-12H,13H2,1-3H3/b18-10-. The highest BCUT2D eigenvalue weighted by atomic mass is 35.5. The Balaban J connectivity index is 1.88. The van der Waals surface area contributed by atoms with Gasteiger partial charge < -0.3 is 4.57 Å². The maximum atomic E-state index is 13.1. The van der Waals surface area contributed by atoms with Crippen LogP contribution < -0.4 is 4.90 Å². The maximum Gasteiger partial charge on any atom is 0.260 e. The summed E-state index contributed by atoms with van der Waals surface area (Å²) in [5.74, 6) is 0.00361. The lowest BCUT2D eigenvalue weighted by Crippen LogP contribution is -2.35. The number of benzene rings is 2. The van der Waals surface area contributed by atoms with Crippen LogP contribution >= 0.6 is 11.6 Å². The van der Waals surface area contributed by atoms with Gasteiger partial charge in [-0.05, 0) is 38.4 Å². The van der Waals surface area contributed by atoms with E-state index in [9.17, 15) is 4.79 Å². The normalized spacial score (nSPS) is 15.5. The highest BCUT2D eigenvalue weighted by molar-refractivity contribution is 6.37. The van der Waals surface area contributed by atoms with Gasteiger partial charge in [0.25, 0.3) is 5.91 Å². The second-order valence-corrected chi connectivity index (χ2v) is 7.32. The summed E-state index contributed by atoms with van der Waals surface area (Å²) in [6.07, 6.45) is 4.06. The molecule has 4 rings (SSSR count). The predicted octanol–water partition coefficient (Wildman–Crippen LogP) is 4.24. The van der Waals surface area contributed by atoms with E-state index in [0.717, 1.165) is 27.7 Å². The van der Waals surface area contributed by atoms with Gasteiger partial charge in [0.15, 0.2) is 0 Å². The highest BCUT2D eigenvalue weighted by Crippen LogP contribution is 2.40. The molecule has 1 aliphatic rings. The van der Waals surface area contributed by atoms with Gasteiger partial charge in [-0.2, -0.15) is 0 Å². The van der Waals surface area contributed by atoms with Crippen LogP contribution in [0.1, 0.15) is 11.1 Å². The van der Waals surface area contributed by atoms with Crippen molar-refractivity contribution in [3.8, 4) is 0 Å². The van der Waals surface area contributed by atoms with Crippen molar-refractivity contribution in [3.05, 3.63) is 64.8 Å². The molecular weight excluding hydrogens is 346 g/mol. The second-order valence-electron chi connectivity index (χ2n) is 6.89. The molecule has 1 amide bonds. The van der Waals surface area contributed by atoms with Crippen LogP contribution in [-0.2, 0) is 11.8 Å². The fraction of sp³-hybridized carbons (Fsp3) is 0.190. The van der Waals surface area contributed by atoms with Gasteiger partial charge in [0, 0.05) is 45.9 Å². The zero-order chi connectivity index (χ0) is 18.4. The van der Waals surface area contributed by atoms with Crippen molar-refractivity contribution in [2.24, 2.45) is 7.05 Å². The van der Waals surface area contributed by atoms with E-state index in [1.54, 1.807) is 4.90 Å². The second kappa shape index (κ2) is 6.31. The van der Waals surface area contributed by atoms with Gasteiger partial charge in [0.05, 0.1) is 12.4 Å². The van der Waals surface area contributed by atoms with Crippen LogP contribution in [0.4, 0.5) is 5.69 Å². The summed E-state index contributed by atoms with van der Waals surface area (Å²) in [5.41, 5.74) is 4.68. The molecule has 5 heteroatoms. The molecule has 0 atom stereocenters. The first-order valence-electron chi connectivity index (χ1n) is 8.48. The number of halogens is 1. The molecule has 2 heterocycles. The van der Waals surface area contributed by atoms with Crippen LogP contribution in [0.15, 0.2) is 48.7 Å². The van der Waals surface area contributed by atoms with Gasteiger partial charge in [-0.1, -0.05) is 35.9 Å². The molecule has 0 fully saturated rings. The Morgan fingerprint density at radius 2 is 1.92 bits per heavy atom. The third kappa shape index (κ3) is 2.71. The topological polar surface area (TPSA) is 28.5 Å². The van der Waals surface area contributed by atoms with Gasteiger partial charge >= 0.3 is 0 Å². The number of aryl methyl sites for hydroxylation is 1. The number of nitrogens with zero attached hydrogens (tertiary/aromatic N) is 3. The number of fused-ring (bicyclic) bond motifs is 2. The Kier molecular flexibility index (Phi) is 4.10. The van der Waals surface area contributed by atoms with Crippen LogP contribution in [0.5, 0.6) is 0 Å². The summed E-state index contributed by atoms with van der Waals surface area (Å²) in [4.78, 5) is 16.9. The Hall–Kier alpha value is -2.56. The molecule has 132 valence electrons. The van der Waals surface area contributed by atoms with E-state index < -0.39 is 0 Å². The summed E-state index contributed by atoms with van der Waals surface area (Å²) < 4.78 is 2.08. The molecule has 3 aromatic rings. The molecule has 1 aromatic heterocycles. The summed E-state index contributed by atoms with van der Waals surface area (Å²) in [7, 11) is 5.92. The number of anilines is 1. The Morgan fingerprint density at radius 1 is 1.15 bits per heavy atom. The summed E-state index contributed by atoms with van der Waals surface area (Å²) in [6, 6.07) is 13.8. The van der Waals surface area contributed by atoms with Crippen molar-refractivity contribution in [1.82, 2.24) is 9.47 Å². The lowest BCUT2D eigenvalue weighted by atomic mass is 10.0. The van der Waals surface area contributed by atoms with Crippen molar-refractivity contribution in [2.45, 2.75) is 0 Å². The number of amides is 1. The molecular formula is C21H20ClN3O. The average Bonchev–Trinajstić information content (AvgIpc) is 3.05. The summed E-state index contributed by atoms with van der Waals surface area (Å²) >= 11 is 6.19. The Morgan fingerprint density at radius 3 is 2.69 bits per heavy atom. The van der Waals surface area contributed by atoms with Crippen molar-refractivity contribution >= 4 is 45.7 Å². The average molecular weight is 366 g/mol. The minimum atomic E-state index is 0.00361. The first-order chi connectivity index (χ1) is 12.5. The molecule has 0 bridgehead atoms. The minimum absolute atomic E-state index is 0.00361. The highest BCUT2D eigenvalue weighted by Gasteiger charge is 2.32. The number of carbonyl (C=O) groups excluding carboxylic acids is 1. The summed E-state index contributed by atoms with van der Waals surface area (Å²) in [6.45, 7) is 0.513. The van der Waals surface area contributed by atoms with Crippen molar-refractivity contribution < 1.29 is 4.79 Å². The van der Waals surface area contributed by atoms with Crippen molar-refractivity contribution in [3.63, 3.8) is 0 Å². The van der Waals surface area contributed by atoms with Crippen LogP contribution in [0, 0.1) is 0 Å². The fourth-order valence-electron chi connectivity index (χ4n) is 3.53. The van der Waals surface area contributed by atoms with E-state index in [2.05, 4.69) is 22.9 Å². The Labute approximate surface area is 157 Å². The molecule has 0 N–H and O–H groups in total. The van der Waals surface area contributed by atoms with Crippen LogP contribution in [0.2, 0.25) is 5.02 Å². The lowest BCUT2D eigenvalue weighted by molar-refractivity contribution is -0.113. The van der Waals surface area contributed by atoms with Crippen LogP contribution in [-0.4, -0.2) is 36.1 Å². The molecule has 0 unspecified atom stereocenters. The zero-order valence-corrected chi connectivity index (χ0v) is 15.8. The third-order valence-electron chi connectivity index (χ3n) is 4.67. The van der Waals surface area contributed by atoms with Gasteiger partial charge in [-0.15, -0.1) is 0 Å². The number of hydrogen-bond acceptors (Lipinski definition) is 2. The zero-order valence-electron chi connectivity index (χ0n) is 15.0. The first kappa shape index (κ1) is 16.9. The molecule has 0 radical (unpaired) electrons. The first-order valence-corrected chi connectivity index (χ1v) is 8.86. The van der Waals surface area contributed by atoms with Gasteiger partial charge in [-0.3, -0.25) is 14.6 Å². The summed E-state index contributed by atoms with van der Waals surface area (Å²) in [5, 5.41) is 1.77. The number of rotatable bonds is 3. The van der Waals surface area contributed by atoms with Crippen molar-refractivity contribution in [1.29, 1.82) is 0 Å². The molecule has 0 spiro atoms. The van der Waals surface area contributed by atoms with E-state index in [-0.39, 0.29) is 5.91 Å². The smallest absolute Gasteiger partial charge is 0.260 e. The number of carbonyl (C=O) groups is 1. The molecule has 1 aliphatic heterocycles. The van der Waals surface area contributed by atoms with Crippen LogP contribution in [0.3, 0.4) is 0 Å². The van der Waals surface area contributed by atoms with Gasteiger partial charge in [-0.25, -0.2) is 0 Å². The van der Waals surface area contributed by atoms with Gasteiger partial charge in [0.2, 0.25) is 0 Å².